The van der Waals surface area contributed by atoms with E-state index >= 15 is 0 Å². The second-order valence-corrected chi connectivity index (χ2v) is 6.82. The molecule has 5 nitrogen and oxygen atoms in total. The van der Waals surface area contributed by atoms with Gasteiger partial charge in [-0.2, -0.15) is 0 Å². The van der Waals surface area contributed by atoms with E-state index in [1.165, 1.54) is 0 Å². The first-order valence-electron chi connectivity index (χ1n) is 7.83. The van der Waals surface area contributed by atoms with Gasteiger partial charge in [-0.05, 0) is 37.3 Å². The van der Waals surface area contributed by atoms with Gasteiger partial charge in [0.25, 0.3) is 5.91 Å². The molecule has 25 heavy (non-hydrogen) atoms. The number of carbonyl (C=O) groups excluding carboxylic acids is 1. The number of pyridine rings is 1. The van der Waals surface area contributed by atoms with Crippen molar-refractivity contribution >= 4 is 44.1 Å². The smallest absolute Gasteiger partial charge is 0.262 e. The van der Waals surface area contributed by atoms with Crippen LogP contribution in [0.2, 0.25) is 0 Å². The number of hydrogen-bond acceptors (Lipinski definition) is 5. The Morgan fingerprint density at radius 1 is 1.20 bits per heavy atom. The molecule has 4 aromatic rings. The molecular weight excluding hydrogens is 334 g/mol. The van der Waals surface area contributed by atoms with Gasteiger partial charge in [0.2, 0.25) is 0 Å². The predicted octanol–water partition coefficient (Wildman–Crippen LogP) is 4.17. The van der Waals surface area contributed by atoms with E-state index in [4.69, 9.17) is 4.74 Å². The maximum Gasteiger partial charge on any atom is 0.262 e. The number of rotatable bonds is 4. The molecule has 2 aromatic heterocycles. The van der Waals surface area contributed by atoms with Crippen molar-refractivity contribution in [2.24, 2.45) is 0 Å². The third-order valence-corrected chi connectivity index (χ3v) is 4.67. The Bertz CT molecular complexity index is 1070. The van der Waals surface area contributed by atoms with Gasteiger partial charge in [-0.15, -0.1) is 11.3 Å². The van der Waals surface area contributed by atoms with E-state index in [-0.39, 0.29) is 12.5 Å². The highest BCUT2D eigenvalue weighted by molar-refractivity contribution is 7.18. The van der Waals surface area contributed by atoms with Crippen LogP contribution in [-0.2, 0) is 4.79 Å². The van der Waals surface area contributed by atoms with Gasteiger partial charge < -0.3 is 10.1 Å². The topological polar surface area (TPSA) is 64.1 Å². The Morgan fingerprint density at radius 2 is 2.08 bits per heavy atom. The fourth-order valence-electron chi connectivity index (χ4n) is 2.65. The van der Waals surface area contributed by atoms with Gasteiger partial charge in [-0.25, -0.2) is 4.98 Å². The van der Waals surface area contributed by atoms with Gasteiger partial charge in [0.15, 0.2) is 6.61 Å². The average molecular weight is 349 g/mol. The summed E-state index contributed by atoms with van der Waals surface area (Å²) in [5.74, 6) is 0.385. The van der Waals surface area contributed by atoms with Crippen LogP contribution in [0.25, 0.3) is 21.1 Å². The molecule has 0 atom stereocenters. The highest BCUT2D eigenvalue weighted by Gasteiger charge is 2.08. The van der Waals surface area contributed by atoms with Gasteiger partial charge in [0.05, 0.1) is 15.2 Å². The molecule has 1 amide bonds. The number of nitrogens with one attached hydrogen (secondary N) is 1. The molecule has 0 aliphatic carbocycles. The van der Waals surface area contributed by atoms with Crippen molar-refractivity contribution in [3.8, 4) is 5.75 Å². The average Bonchev–Trinajstić information content (AvgIpc) is 2.99. The molecule has 0 fully saturated rings. The molecule has 0 aliphatic rings. The molecule has 0 radical (unpaired) electrons. The molecule has 0 aliphatic heterocycles. The summed E-state index contributed by atoms with van der Waals surface area (Å²) in [6.07, 6.45) is 1.71. The van der Waals surface area contributed by atoms with E-state index in [1.807, 2.05) is 55.5 Å². The molecule has 6 heteroatoms. The summed E-state index contributed by atoms with van der Waals surface area (Å²) in [6, 6.07) is 15.2. The number of aromatic nitrogens is 2. The normalized spacial score (nSPS) is 10.9. The maximum atomic E-state index is 12.2. The third-order valence-electron chi connectivity index (χ3n) is 3.73. The van der Waals surface area contributed by atoms with Gasteiger partial charge in [0, 0.05) is 17.3 Å². The molecule has 0 saturated carbocycles. The zero-order chi connectivity index (χ0) is 17.2. The van der Waals surface area contributed by atoms with Crippen LogP contribution in [0, 0.1) is 6.92 Å². The Balaban J connectivity index is 1.46. The van der Waals surface area contributed by atoms with E-state index in [0.717, 1.165) is 31.8 Å². The molecule has 0 unspecified atom stereocenters. The zero-order valence-electron chi connectivity index (χ0n) is 13.5. The lowest BCUT2D eigenvalue weighted by Crippen LogP contribution is -2.20. The van der Waals surface area contributed by atoms with Crippen LogP contribution in [0.15, 0.2) is 54.7 Å². The molecule has 4 rings (SSSR count). The number of aryl methyl sites for hydroxylation is 1. The third kappa shape index (κ3) is 3.29. The van der Waals surface area contributed by atoms with Crippen molar-refractivity contribution < 1.29 is 9.53 Å². The van der Waals surface area contributed by atoms with Gasteiger partial charge in [0.1, 0.15) is 11.3 Å². The molecule has 0 bridgehead atoms. The Morgan fingerprint density at radius 3 is 3.00 bits per heavy atom. The highest BCUT2D eigenvalue weighted by atomic mass is 32.1. The van der Waals surface area contributed by atoms with E-state index in [0.29, 0.717) is 5.75 Å². The summed E-state index contributed by atoms with van der Waals surface area (Å²) in [5.41, 5.74) is 2.43. The van der Waals surface area contributed by atoms with Crippen LogP contribution in [-0.4, -0.2) is 22.5 Å². The number of ether oxygens (including phenoxy) is 1. The van der Waals surface area contributed by atoms with Crippen LogP contribution >= 0.6 is 11.3 Å². The first-order chi connectivity index (χ1) is 12.2. The molecular formula is C19H15N3O2S. The number of nitrogens with zero attached hydrogens (tertiary/aromatic N) is 2. The first kappa shape index (κ1) is 15.5. The zero-order valence-corrected chi connectivity index (χ0v) is 14.3. The van der Waals surface area contributed by atoms with Gasteiger partial charge in [-0.3, -0.25) is 9.78 Å². The Hall–Kier alpha value is -2.99. The molecule has 2 aromatic carbocycles. The van der Waals surface area contributed by atoms with Crippen molar-refractivity contribution in [2.45, 2.75) is 6.92 Å². The lowest BCUT2D eigenvalue weighted by molar-refractivity contribution is -0.118. The number of benzene rings is 2. The van der Waals surface area contributed by atoms with Crippen molar-refractivity contribution in [3.63, 3.8) is 0 Å². The fourth-order valence-corrected chi connectivity index (χ4v) is 3.52. The van der Waals surface area contributed by atoms with E-state index < -0.39 is 0 Å². The second-order valence-electron chi connectivity index (χ2n) is 5.58. The maximum absolute atomic E-state index is 12.2. The van der Waals surface area contributed by atoms with Crippen molar-refractivity contribution in [1.29, 1.82) is 0 Å². The Labute approximate surface area is 148 Å². The molecule has 0 spiro atoms. The van der Waals surface area contributed by atoms with Crippen LogP contribution in [0.4, 0.5) is 5.69 Å². The van der Waals surface area contributed by atoms with Crippen LogP contribution in [0.5, 0.6) is 5.75 Å². The minimum absolute atomic E-state index is 0.0740. The quantitative estimate of drug-likeness (QED) is 0.600. The highest BCUT2D eigenvalue weighted by Crippen LogP contribution is 2.25. The monoisotopic (exact) mass is 349 g/mol. The first-order valence-corrected chi connectivity index (χ1v) is 8.64. The molecule has 1 N–H and O–H groups in total. The minimum Gasteiger partial charge on any atom is -0.481 e. The summed E-state index contributed by atoms with van der Waals surface area (Å²) in [6.45, 7) is 1.89. The number of hydrogen-bond donors (Lipinski definition) is 1. The van der Waals surface area contributed by atoms with Crippen LogP contribution in [0.3, 0.4) is 0 Å². The SMILES string of the molecule is Cc1nc2ccc(NC(=O)COc3cccc4cccnc34)cc2s1. The summed E-state index contributed by atoms with van der Waals surface area (Å²) in [4.78, 5) is 20.9. The predicted molar refractivity (Wildman–Crippen MR) is 100 cm³/mol. The summed E-state index contributed by atoms with van der Waals surface area (Å²) >= 11 is 1.60. The van der Waals surface area contributed by atoms with E-state index in [9.17, 15) is 4.79 Å². The van der Waals surface area contributed by atoms with Crippen molar-refractivity contribution in [1.82, 2.24) is 9.97 Å². The number of anilines is 1. The van der Waals surface area contributed by atoms with E-state index in [2.05, 4.69) is 15.3 Å². The number of thiazole rings is 1. The standard InChI is InChI=1S/C19H15N3O2S/c1-12-21-15-8-7-14(10-17(15)25-12)22-18(23)11-24-16-6-2-4-13-5-3-9-20-19(13)16/h2-10H,11H2,1H3,(H,22,23). The largest absolute Gasteiger partial charge is 0.481 e. The lowest BCUT2D eigenvalue weighted by atomic mass is 10.2. The van der Waals surface area contributed by atoms with Crippen LogP contribution < -0.4 is 10.1 Å². The summed E-state index contributed by atoms with van der Waals surface area (Å²) in [7, 11) is 0. The van der Waals surface area contributed by atoms with Gasteiger partial charge in [-0.1, -0.05) is 18.2 Å². The minimum atomic E-state index is -0.214. The lowest BCUT2D eigenvalue weighted by Gasteiger charge is -2.09. The number of para-hydroxylation sites is 1. The number of carbonyl (C=O) groups is 1. The van der Waals surface area contributed by atoms with Gasteiger partial charge >= 0.3 is 0 Å². The number of amides is 1. The summed E-state index contributed by atoms with van der Waals surface area (Å²) in [5, 5.41) is 4.84. The van der Waals surface area contributed by atoms with Crippen molar-refractivity contribution in [2.75, 3.05) is 11.9 Å². The fraction of sp³-hybridized carbons (Fsp3) is 0.105. The molecule has 124 valence electrons. The van der Waals surface area contributed by atoms with Crippen LogP contribution in [0.1, 0.15) is 5.01 Å². The summed E-state index contributed by atoms with van der Waals surface area (Å²) < 4.78 is 6.71. The molecule has 0 saturated heterocycles. The molecule has 2 heterocycles. The second kappa shape index (κ2) is 6.49. The van der Waals surface area contributed by atoms with Crippen molar-refractivity contribution in [3.05, 3.63) is 59.7 Å². The Kier molecular flexibility index (Phi) is 4.03. The number of fused-ring (bicyclic) bond motifs is 2. The van der Waals surface area contributed by atoms with E-state index in [1.54, 1.807) is 17.5 Å².